The van der Waals surface area contributed by atoms with E-state index >= 15 is 0 Å². The number of rotatable bonds is 9. The molecule has 0 radical (unpaired) electrons. The van der Waals surface area contributed by atoms with Crippen molar-refractivity contribution in [2.45, 2.75) is 38.9 Å². The standard InChI is InChI=1S/C28H27NO5/c1-2-6-22-25(12-10-23-27(29-34-28(22)23)19-7-4-3-5-8-19)32-14-13-21-17-20-15-18(16-26(30)31)9-11-24(20)33-21/h3-5,7-12,15,17,26,30-31H,2,6,13-14,16H2,1H3. The number of furan rings is 1. The second-order valence-corrected chi connectivity index (χ2v) is 8.43. The van der Waals surface area contributed by atoms with Crippen molar-refractivity contribution >= 4 is 21.9 Å². The van der Waals surface area contributed by atoms with Crippen LogP contribution in [0.25, 0.3) is 33.2 Å². The van der Waals surface area contributed by atoms with Crippen LogP contribution in [0.4, 0.5) is 0 Å². The minimum Gasteiger partial charge on any atom is -0.493 e. The van der Waals surface area contributed by atoms with E-state index in [-0.39, 0.29) is 6.42 Å². The van der Waals surface area contributed by atoms with Crippen molar-refractivity contribution in [1.29, 1.82) is 0 Å². The summed E-state index contributed by atoms with van der Waals surface area (Å²) in [6.45, 7) is 2.60. The van der Waals surface area contributed by atoms with Crippen LogP contribution in [-0.2, 0) is 19.3 Å². The monoisotopic (exact) mass is 457 g/mol. The highest BCUT2D eigenvalue weighted by atomic mass is 16.5. The Hall–Kier alpha value is -3.61. The van der Waals surface area contributed by atoms with Crippen LogP contribution >= 0.6 is 0 Å². The van der Waals surface area contributed by atoms with Gasteiger partial charge in [-0.3, -0.25) is 0 Å². The zero-order chi connectivity index (χ0) is 23.5. The first-order valence-electron chi connectivity index (χ1n) is 11.6. The lowest BCUT2D eigenvalue weighted by Crippen LogP contribution is -2.07. The fraction of sp³-hybridized carbons (Fsp3) is 0.250. The number of hydrogen-bond donors (Lipinski definition) is 2. The first kappa shape index (κ1) is 22.2. The number of fused-ring (bicyclic) bond motifs is 2. The molecule has 3 aromatic carbocycles. The van der Waals surface area contributed by atoms with Crippen LogP contribution in [-0.4, -0.2) is 28.3 Å². The second-order valence-electron chi connectivity index (χ2n) is 8.43. The van der Waals surface area contributed by atoms with E-state index in [4.69, 9.17) is 13.7 Å². The van der Waals surface area contributed by atoms with E-state index < -0.39 is 6.29 Å². The molecule has 0 aliphatic carbocycles. The number of ether oxygens (including phenoxy) is 1. The highest BCUT2D eigenvalue weighted by Crippen LogP contribution is 2.35. The van der Waals surface area contributed by atoms with Gasteiger partial charge in [0.25, 0.3) is 0 Å². The van der Waals surface area contributed by atoms with E-state index in [1.807, 2.05) is 66.7 Å². The lowest BCUT2D eigenvalue weighted by Gasteiger charge is -2.11. The molecule has 2 heterocycles. The molecule has 2 N–H and O–H groups in total. The van der Waals surface area contributed by atoms with Crippen molar-refractivity contribution in [2.24, 2.45) is 0 Å². The first-order valence-corrected chi connectivity index (χ1v) is 11.6. The highest BCUT2D eigenvalue weighted by molar-refractivity contribution is 5.94. The minimum absolute atomic E-state index is 0.190. The fourth-order valence-electron chi connectivity index (χ4n) is 4.34. The number of aryl methyl sites for hydroxylation is 1. The molecular weight excluding hydrogens is 430 g/mol. The lowest BCUT2D eigenvalue weighted by atomic mass is 10.0. The summed E-state index contributed by atoms with van der Waals surface area (Å²) in [4.78, 5) is 0. The summed E-state index contributed by atoms with van der Waals surface area (Å²) < 4.78 is 17.9. The largest absolute Gasteiger partial charge is 0.493 e. The Kier molecular flexibility index (Phi) is 6.34. The Morgan fingerprint density at radius 1 is 0.971 bits per heavy atom. The summed E-state index contributed by atoms with van der Waals surface area (Å²) in [5.74, 6) is 1.63. The van der Waals surface area contributed by atoms with Gasteiger partial charge in [0, 0.05) is 29.4 Å². The molecule has 0 amide bonds. The Morgan fingerprint density at radius 2 is 1.82 bits per heavy atom. The lowest BCUT2D eigenvalue weighted by molar-refractivity contribution is -0.0381. The van der Waals surface area contributed by atoms with Gasteiger partial charge in [0.2, 0.25) is 0 Å². The summed E-state index contributed by atoms with van der Waals surface area (Å²) in [7, 11) is 0. The highest BCUT2D eigenvalue weighted by Gasteiger charge is 2.17. The minimum atomic E-state index is -1.36. The summed E-state index contributed by atoms with van der Waals surface area (Å²) in [6.07, 6.45) is 1.24. The quantitative estimate of drug-likeness (QED) is 0.277. The zero-order valence-corrected chi connectivity index (χ0v) is 19.0. The van der Waals surface area contributed by atoms with Crippen molar-refractivity contribution in [3.05, 3.63) is 83.6 Å². The van der Waals surface area contributed by atoms with E-state index in [0.29, 0.717) is 13.0 Å². The van der Waals surface area contributed by atoms with Gasteiger partial charge in [0.05, 0.1) is 12.0 Å². The molecule has 0 aliphatic heterocycles. The van der Waals surface area contributed by atoms with Crippen LogP contribution in [0, 0.1) is 0 Å². The maximum atomic E-state index is 9.20. The number of aliphatic hydroxyl groups excluding tert-OH is 1. The van der Waals surface area contributed by atoms with Crippen molar-refractivity contribution in [1.82, 2.24) is 5.16 Å². The third-order valence-corrected chi connectivity index (χ3v) is 5.90. The smallest absolute Gasteiger partial charge is 0.174 e. The number of aromatic nitrogens is 1. The molecule has 0 spiro atoms. The van der Waals surface area contributed by atoms with E-state index in [0.717, 1.165) is 68.7 Å². The molecule has 6 nitrogen and oxygen atoms in total. The molecule has 0 bridgehead atoms. The van der Waals surface area contributed by atoms with E-state index in [1.54, 1.807) is 0 Å². The number of nitrogens with zero attached hydrogens (tertiary/aromatic N) is 1. The number of benzene rings is 3. The topological polar surface area (TPSA) is 88.9 Å². The maximum Gasteiger partial charge on any atom is 0.174 e. The predicted molar refractivity (Wildman–Crippen MR) is 131 cm³/mol. The average molecular weight is 458 g/mol. The zero-order valence-electron chi connectivity index (χ0n) is 19.0. The number of aliphatic hydroxyl groups is 2. The molecule has 0 atom stereocenters. The van der Waals surface area contributed by atoms with Crippen molar-refractivity contribution in [3.8, 4) is 17.0 Å². The van der Waals surface area contributed by atoms with E-state index in [2.05, 4.69) is 12.1 Å². The van der Waals surface area contributed by atoms with Gasteiger partial charge in [-0.25, -0.2) is 0 Å². The van der Waals surface area contributed by atoms with Gasteiger partial charge >= 0.3 is 0 Å². The molecule has 0 saturated heterocycles. The van der Waals surface area contributed by atoms with Crippen LogP contribution in [0.2, 0.25) is 0 Å². The molecule has 2 aromatic heterocycles. The molecule has 5 aromatic rings. The van der Waals surface area contributed by atoms with Gasteiger partial charge in [-0.1, -0.05) is 54.9 Å². The third kappa shape index (κ3) is 4.55. The second kappa shape index (κ2) is 9.71. The Morgan fingerprint density at radius 3 is 2.62 bits per heavy atom. The van der Waals surface area contributed by atoms with Gasteiger partial charge < -0.3 is 23.9 Å². The molecule has 5 rings (SSSR count). The van der Waals surface area contributed by atoms with Gasteiger partial charge in [-0.2, -0.15) is 0 Å². The van der Waals surface area contributed by atoms with Crippen molar-refractivity contribution in [2.75, 3.05) is 6.61 Å². The summed E-state index contributed by atoms with van der Waals surface area (Å²) in [5.41, 5.74) is 5.31. The van der Waals surface area contributed by atoms with E-state index in [9.17, 15) is 10.2 Å². The van der Waals surface area contributed by atoms with Gasteiger partial charge in [0.15, 0.2) is 11.9 Å². The molecular formula is C28H27NO5. The molecule has 0 aliphatic rings. The summed E-state index contributed by atoms with van der Waals surface area (Å²) in [6, 6.07) is 21.7. The Bertz CT molecular complexity index is 1400. The maximum absolute atomic E-state index is 9.20. The van der Waals surface area contributed by atoms with Gasteiger partial charge in [-0.05, 0) is 42.3 Å². The molecule has 0 unspecified atom stereocenters. The average Bonchev–Trinajstić information content (AvgIpc) is 3.44. The number of hydrogen-bond acceptors (Lipinski definition) is 6. The third-order valence-electron chi connectivity index (χ3n) is 5.90. The van der Waals surface area contributed by atoms with Crippen molar-refractivity contribution in [3.63, 3.8) is 0 Å². The fourth-order valence-corrected chi connectivity index (χ4v) is 4.34. The van der Waals surface area contributed by atoms with Gasteiger partial charge in [-0.15, -0.1) is 0 Å². The van der Waals surface area contributed by atoms with Crippen molar-refractivity contribution < 1.29 is 23.9 Å². The van der Waals surface area contributed by atoms with Crippen LogP contribution in [0.5, 0.6) is 5.75 Å². The van der Waals surface area contributed by atoms with Crippen LogP contribution in [0.15, 0.2) is 75.7 Å². The molecule has 0 fully saturated rings. The molecule has 6 heteroatoms. The summed E-state index contributed by atoms with van der Waals surface area (Å²) >= 11 is 0. The van der Waals surface area contributed by atoms with Crippen LogP contribution < -0.4 is 4.74 Å². The molecule has 0 saturated carbocycles. The summed E-state index contributed by atoms with van der Waals surface area (Å²) in [5, 5.41) is 24.7. The van der Waals surface area contributed by atoms with Crippen LogP contribution in [0.3, 0.4) is 0 Å². The van der Waals surface area contributed by atoms with Crippen LogP contribution in [0.1, 0.15) is 30.2 Å². The van der Waals surface area contributed by atoms with Gasteiger partial charge in [0.1, 0.15) is 22.8 Å². The normalized spacial score (nSPS) is 11.6. The Labute approximate surface area is 197 Å². The molecule has 174 valence electrons. The van der Waals surface area contributed by atoms with E-state index in [1.165, 1.54) is 0 Å². The first-order chi connectivity index (χ1) is 16.6. The SMILES string of the molecule is CCCc1c(OCCc2cc3cc(CC(O)O)ccc3o2)ccc2c(-c3ccccc3)noc12. The molecule has 34 heavy (non-hydrogen) atoms. The Balaban J connectivity index is 1.34. The predicted octanol–water partition coefficient (Wildman–Crippen LogP) is 5.67.